The summed E-state index contributed by atoms with van der Waals surface area (Å²) in [6.45, 7) is 2.23. The van der Waals surface area contributed by atoms with Crippen LogP contribution in [-0.2, 0) is 0 Å². The number of rotatable bonds is 5. The highest BCUT2D eigenvalue weighted by molar-refractivity contribution is 5.08. The van der Waals surface area contributed by atoms with Crippen molar-refractivity contribution in [3.8, 4) is 6.07 Å². The van der Waals surface area contributed by atoms with Gasteiger partial charge in [-0.25, -0.2) is 0 Å². The van der Waals surface area contributed by atoms with Gasteiger partial charge in [0, 0.05) is 0 Å². The summed E-state index contributed by atoms with van der Waals surface area (Å²) in [5, 5.41) is 9.21. The van der Waals surface area contributed by atoms with E-state index in [1.165, 1.54) is 25.7 Å². The van der Waals surface area contributed by atoms with Crippen molar-refractivity contribution >= 4 is 0 Å². The molecule has 0 radical (unpaired) electrons. The van der Waals surface area contributed by atoms with Gasteiger partial charge in [-0.15, -0.1) is 0 Å². The first-order valence-corrected chi connectivity index (χ1v) is 5.89. The Kier molecular flexibility index (Phi) is 4.73. The summed E-state index contributed by atoms with van der Waals surface area (Å²) in [5.41, 5.74) is -0.0114. The first kappa shape index (κ1) is 11.3. The second-order valence-electron chi connectivity index (χ2n) is 4.42. The second-order valence-corrected chi connectivity index (χ2v) is 4.42. The summed E-state index contributed by atoms with van der Waals surface area (Å²) in [5.74, 6) is 0. The predicted molar refractivity (Wildman–Crippen MR) is 59.8 cm³/mol. The van der Waals surface area contributed by atoms with E-state index in [-0.39, 0.29) is 5.41 Å². The maximum atomic E-state index is 9.21. The Morgan fingerprint density at radius 2 is 2.14 bits per heavy atom. The third kappa shape index (κ3) is 3.18. The molecular formula is C13H21N. The molecule has 14 heavy (non-hydrogen) atoms. The smallest absolute Gasteiger partial charge is 0.0693 e. The fourth-order valence-corrected chi connectivity index (χ4v) is 2.16. The summed E-state index contributed by atoms with van der Waals surface area (Å²) < 4.78 is 0. The Balaban J connectivity index is 2.31. The van der Waals surface area contributed by atoms with Crippen LogP contribution in [0.1, 0.15) is 58.3 Å². The second kappa shape index (κ2) is 5.86. The molecule has 0 amide bonds. The molecule has 78 valence electrons. The molecule has 0 aromatic carbocycles. The lowest BCUT2D eigenvalue weighted by Crippen LogP contribution is -2.19. The zero-order chi connectivity index (χ0) is 10.3. The average Bonchev–Trinajstić information content (AvgIpc) is 2.26. The summed E-state index contributed by atoms with van der Waals surface area (Å²) in [4.78, 5) is 0. The SMILES string of the molecule is CCCCCCC1(C#N)CC=CCC1. The Morgan fingerprint density at radius 1 is 1.29 bits per heavy atom. The predicted octanol–water partition coefficient (Wildman–Crippen LogP) is 4.21. The molecule has 0 aromatic heterocycles. The van der Waals surface area contributed by atoms with Crippen molar-refractivity contribution in [1.29, 1.82) is 5.26 Å². The van der Waals surface area contributed by atoms with E-state index >= 15 is 0 Å². The van der Waals surface area contributed by atoms with E-state index < -0.39 is 0 Å². The fraction of sp³-hybridized carbons (Fsp3) is 0.769. The lowest BCUT2D eigenvalue weighted by atomic mass is 9.74. The summed E-state index contributed by atoms with van der Waals surface area (Å²) in [6.07, 6.45) is 13.8. The normalized spacial score (nSPS) is 26.0. The molecule has 0 heterocycles. The van der Waals surface area contributed by atoms with Crippen LogP contribution < -0.4 is 0 Å². The largest absolute Gasteiger partial charge is 0.198 e. The third-order valence-electron chi connectivity index (χ3n) is 3.21. The zero-order valence-corrected chi connectivity index (χ0v) is 9.26. The summed E-state index contributed by atoms with van der Waals surface area (Å²) in [6, 6.07) is 2.54. The van der Waals surface area contributed by atoms with Crippen molar-refractivity contribution < 1.29 is 0 Å². The van der Waals surface area contributed by atoms with E-state index in [1.54, 1.807) is 0 Å². The number of hydrogen-bond acceptors (Lipinski definition) is 1. The van der Waals surface area contributed by atoms with Gasteiger partial charge < -0.3 is 0 Å². The minimum atomic E-state index is -0.0114. The van der Waals surface area contributed by atoms with Crippen LogP contribution in [0.25, 0.3) is 0 Å². The third-order valence-corrected chi connectivity index (χ3v) is 3.21. The van der Waals surface area contributed by atoms with Crippen LogP contribution in [0.5, 0.6) is 0 Å². The van der Waals surface area contributed by atoms with Gasteiger partial charge >= 0.3 is 0 Å². The van der Waals surface area contributed by atoms with Crippen molar-refractivity contribution in [2.45, 2.75) is 58.3 Å². The lowest BCUT2D eigenvalue weighted by molar-refractivity contribution is 0.316. The number of hydrogen-bond donors (Lipinski definition) is 0. The molecule has 1 aliphatic rings. The molecule has 1 unspecified atom stereocenters. The molecule has 0 spiro atoms. The number of unbranched alkanes of at least 4 members (excludes halogenated alkanes) is 3. The molecule has 1 heteroatoms. The minimum Gasteiger partial charge on any atom is -0.198 e. The van der Waals surface area contributed by atoms with Crippen LogP contribution in [0.2, 0.25) is 0 Å². The fourth-order valence-electron chi connectivity index (χ4n) is 2.16. The Hall–Kier alpha value is -0.770. The van der Waals surface area contributed by atoms with Crippen molar-refractivity contribution in [2.75, 3.05) is 0 Å². The lowest BCUT2D eigenvalue weighted by Gasteiger charge is -2.27. The highest BCUT2D eigenvalue weighted by Crippen LogP contribution is 2.37. The van der Waals surface area contributed by atoms with Crippen LogP contribution in [0.4, 0.5) is 0 Å². The monoisotopic (exact) mass is 191 g/mol. The standard InChI is InChI=1S/C13H21N/c1-2-3-4-6-9-13(12-14)10-7-5-8-11-13/h5,7H,2-4,6,8-11H2,1H3. The number of nitriles is 1. The van der Waals surface area contributed by atoms with Gasteiger partial charge in [0.1, 0.15) is 0 Å². The maximum Gasteiger partial charge on any atom is 0.0693 e. The van der Waals surface area contributed by atoms with E-state index in [4.69, 9.17) is 0 Å². The summed E-state index contributed by atoms with van der Waals surface area (Å²) in [7, 11) is 0. The molecule has 0 saturated carbocycles. The maximum absolute atomic E-state index is 9.21. The van der Waals surface area contributed by atoms with Gasteiger partial charge in [0.05, 0.1) is 11.5 Å². The molecule has 1 aliphatic carbocycles. The van der Waals surface area contributed by atoms with Crippen LogP contribution in [0.15, 0.2) is 12.2 Å². The van der Waals surface area contributed by atoms with Gasteiger partial charge in [-0.1, -0.05) is 44.8 Å². The van der Waals surface area contributed by atoms with Crippen LogP contribution in [0, 0.1) is 16.7 Å². The van der Waals surface area contributed by atoms with E-state index in [2.05, 4.69) is 25.1 Å². The van der Waals surface area contributed by atoms with Gasteiger partial charge in [0.25, 0.3) is 0 Å². The van der Waals surface area contributed by atoms with Crippen LogP contribution in [-0.4, -0.2) is 0 Å². The van der Waals surface area contributed by atoms with Gasteiger partial charge in [-0.2, -0.15) is 5.26 Å². The molecule has 0 fully saturated rings. The first-order valence-electron chi connectivity index (χ1n) is 5.89. The van der Waals surface area contributed by atoms with E-state index in [9.17, 15) is 5.26 Å². The highest BCUT2D eigenvalue weighted by Gasteiger charge is 2.28. The molecule has 0 aromatic rings. The molecule has 0 N–H and O–H groups in total. The molecule has 0 saturated heterocycles. The number of nitrogens with zero attached hydrogens (tertiary/aromatic N) is 1. The van der Waals surface area contributed by atoms with E-state index in [0.717, 1.165) is 25.7 Å². The van der Waals surface area contributed by atoms with Gasteiger partial charge in [0.2, 0.25) is 0 Å². The Labute approximate surface area is 87.8 Å². The van der Waals surface area contributed by atoms with Crippen LogP contribution >= 0.6 is 0 Å². The first-order chi connectivity index (χ1) is 6.83. The van der Waals surface area contributed by atoms with Crippen molar-refractivity contribution in [3.63, 3.8) is 0 Å². The van der Waals surface area contributed by atoms with Crippen molar-refractivity contribution in [1.82, 2.24) is 0 Å². The van der Waals surface area contributed by atoms with E-state index in [0.29, 0.717) is 0 Å². The quantitative estimate of drug-likeness (QED) is 0.472. The van der Waals surface area contributed by atoms with Crippen molar-refractivity contribution in [3.05, 3.63) is 12.2 Å². The van der Waals surface area contributed by atoms with E-state index in [1.807, 2.05) is 0 Å². The highest BCUT2D eigenvalue weighted by atomic mass is 14.4. The van der Waals surface area contributed by atoms with Crippen molar-refractivity contribution in [2.24, 2.45) is 5.41 Å². The average molecular weight is 191 g/mol. The molecule has 0 bridgehead atoms. The Bertz CT molecular complexity index is 224. The van der Waals surface area contributed by atoms with Gasteiger partial charge in [-0.05, 0) is 25.7 Å². The molecular weight excluding hydrogens is 170 g/mol. The topological polar surface area (TPSA) is 23.8 Å². The zero-order valence-electron chi connectivity index (χ0n) is 9.26. The van der Waals surface area contributed by atoms with Gasteiger partial charge in [0.15, 0.2) is 0 Å². The molecule has 1 nitrogen and oxygen atoms in total. The molecule has 1 atom stereocenters. The molecule has 1 rings (SSSR count). The van der Waals surface area contributed by atoms with Gasteiger partial charge in [-0.3, -0.25) is 0 Å². The minimum absolute atomic E-state index is 0.0114. The summed E-state index contributed by atoms with van der Waals surface area (Å²) >= 11 is 0. The molecule has 0 aliphatic heterocycles. The van der Waals surface area contributed by atoms with Crippen LogP contribution in [0.3, 0.4) is 0 Å². The Morgan fingerprint density at radius 3 is 2.71 bits per heavy atom. The number of allylic oxidation sites excluding steroid dienone is 2.